The topological polar surface area (TPSA) is 506 Å². The molecule has 6 aromatic carbocycles. The number of imidazole rings is 2. The number of hydrogen-bond donors (Lipinski definition) is 6. The summed E-state index contributed by atoms with van der Waals surface area (Å²) in [6, 6.07) is 24.8. The molecule has 0 unspecified atom stereocenters. The van der Waals surface area contributed by atoms with E-state index >= 15 is 0 Å². The number of aromatic nitrogens is 7. The van der Waals surface area contributed by atoms with Crippen molar-refractivity contribution in [2.24, 2.45) is 25.2 Å². The second-order valence-electron chi connectivity index (χ2n) is 27.7. The fraction of sp³-hybridized carbons (Fsp3) is 0.372. The molecule has 732 valence electrons. The number of nitro groups is 3. The Labute approximate surface area is 785 Å². The number of nitrogens with two attached hydrogens (primary N) is 3. The zero-order chi connectivity index (χ0) is 103. The van der Waals surface area contributed by atoms with E-state index in [0.29, 0.717) is 58.0 Å². The third-order valence-electron chi connectivity index (χ3n) is 18.0. The first kappa shape index (κ1) is 121. The lowest BCUT2D eigenvalue weighted by molar-refractivity contribution is -0.387. The van der Waals surface area contributed by atoms with Crippen LogP contribution in [0.15, 0.2) is 128 Å². The monoisotopic (exact) mass is 1890 g/mol. The Hall–Kier alpha value is -14.8. The number of carboxylic acids is 1. The number of pyridine rings is 3. The number of alkyl halides is 1. The number of methoxy groups -OCH3 is 8. The first-order valence-electron chi connectivity index (χ1n) is 41.5. The van der Waals surface area contributed by atoms with Gasteiger partial charge in [0.2, 0.25) is 23.5 Å². The van der Waals surface area contributed by atoms with Gasteiger partial charge in [0.05, 0.1) is 162 Å². The van der Waals surface area contributed by atoms with Gasteiger partial charge in [-0.3, -0.25) is 45.3 Å². The van der Waals surface area contributed by atoms with Crippen molar-refractivity contribution < 1.29 is 95.3 Å². The Morgan fingerprint density at radius 1 is 0.470 bits per heavy atom. The summed E-state index contributed by atoms with van der Waals surface area (Å²) in [4.78, 5) is 119. The molecular formula is C94H129ClF2N16O21. The fourth-order valence-electron chi connectivity index (χ4n) is 11.6. The molecule has 11 rings (SSSR count). The number of nitro benzene ring substituents is 3. The quantitative estimate of drug-likeness (QED) is 0.0109. The number of nitrogen functional groups attached to an aromatic ring is 2. The number of carbonyl (C=O) groups excluding carboxylic acids is 5. The Morgan fingerprint density at radius 3 is 1.14 bits per heavy atom. The summed E-state index contributed by atoms with van der Waals surface area (Å²) in [6.07, 6.45) is 6.48. The molecule has 5 heterocycles. The maximum Gasteiger partial charge on any atom is 0.338 e. The number of hydrogen-bond acceptors (Lipinski definition) is 31. The van der Waals surface area contributed by atoms with Gasteiger partial charge in [-0.2, -0.15) is 8.78 Å². The van der Waals surface area contributed by atoms with E-state index < -0.39 is 55.7 Å². The molecule has 0 saturated carbocycles. The van der Waals surface area contributed by atoms with Crippen LogP contribution in [0.3, 0.4) is 0 Å². The molecule has 0 amide bonds. The van der Waals surface area contributed by atoms with Crippen LogP contribution in [0, 0.1) is 88.9 Å². The molecule has 11 aromatic rings. The zero-order valence-electron chi connectivity index (χ0n) is 82.1. The van der Waals surface area contributed by atoms with Crippen molar-refractivity contribution in [1.82, 2.24) is 34.1 Å². The van der Waals surface area contributed by atoms with Crippen molar-refractivity contribution in [2.45, 2.75) is 137 Å². The highest BCUT2D eigenvalue weighted by Crippen LogP contribution is 2.32. The van der Waals surface area contributed by atoms with Crippen LogP contribution in [0.1, 0.15) is 189 Å². The molecule has 0 saturated heterocycles. The number of benzene rings is 6. The van der Waals surface area contributed by atoms with Crippen LogP contribution in [0.5, 0.6) is 17.2 Å². The molecule has 0 atom stereocenters. The first-order valence-corrected chi connectivity index (χ1v) is 42.0. The standard InChI is InChI=1S/C20H24N4O3.C13H21NO.C10H11N3O2.C9H12ClNO.C9H10N2O4.C9H12N2O2.C8H6FNO4.C7H4FNO4.4C2H6.CH5N/c1-12-10-21-16(13(2)18(12)26-5)11-23(3)20-22-15-9-14(19(25)27-6)7-8-17(15)24(20)4;1-9-8-14-11(7-13(3,4)5)10(2)12(9)15-6;1-13-8-4-3-6(9(14)15-2)5-7(8)12-10(13)11;1-6-5-11-8(4-10)7(2)9(6)12-3;1-10-7-4-3-6(9(12)15-2)5-8(7)11(13)14;1-11-8-4-3-6(5-7(8)10)9(12)13-2;1-14-8(11)5-2-3-6(9)7(4-5)10(12)13;8-5-2-1-4(7(10)11)3-6(5)9(12)13;5*1-2/h7-10H,11H2,1-6H3;8H,7H2,1-6H3;3-5H,1-2H3,(H2,11,12);5H,4H2,1-3H3;3-5,10H,1-2H3;3-5,11H,10H2,1-2H3;2-4H,1H3;1-3H,(H,10,11);4*1-2H3;2H2,1H3. The predicted molar refractivity (Wildman–Crippen MR) is 520 cm³/mol. The Kier molecular flexibility index (Phi) is 55.9. The summed E-state index contributed by atoms with van der Waals surface area (Å²) in [6.45, 7) is 35.3. The van der Waals surface area contributed by atoms with Crippen molar-refractivity contribution in [3.8, 4) is 17.2 Å². The van der Waals surface area contributed by atoms with E-state index in [1.165, 1.54) is 59.2 Å². The highest BCUT2D eigenvalue weighted by atomic mass is 35.5. The lowest BCUT2D eigenvalue weighted by Crippen LogP contribution is -2.21. The van der Waals surface area contributed by atoms with E-state index in [2.05, 4.69) is 82.9 Å². The van der Waals surface area contributed by atoms with Gasteiger partial charge in [-0.25, -0.2) is 38.7 Å². The molecule has 9 N–H and O–H groups in total. The van der Waals surface area contributed by atoms with Crippen molar-refractivity contribution in [2.75, 3.05) is 112 Å². The van der Waals surface area contributed by atoms with Gasteiger partial charge in [-0.1, -0.05) is 76.2 Å². The molecule has 0 aliphatic heterocycles. The average Bonchev–Trinajstić information content (AvgIpc) is 1.62. The second kappa shape index (κ2) is 61.7. The number of ether oxygens (including phenoxy) is 8. The number of nitrogens with one attached hydrogen (secondary N) is 2. The molecule has 37 nitrogen and oxygen atoms in total. The van der Waals surface area contributed by atoms with Crippen LogP contribution in [0.4, 0.5) is 54.8 Å². The molecule has 40 heteroatoms. The summed E-state index contributed by atoms with van der Waals surface area (Å²) in [7, 11) is 22.0. The lowest BCUT2D eigenvalue weighted by atomic mass is 9.88. The molecule has 0 radical (unpaired) electrons. The molecular weight excluding hydrogens is 1760 g/mol. The number of halogens is 3. The zero-order valence-corrected chi connectivity index (χ0v) is 82.9. The molecule has 0 fully saturated rings. The Bertz CT molecular complexity index is 5690. The van der Waals surface area contributed by atoms with E-state index in [4.69, 9.17) is 52.1 Å². The van der Waals surface area contributed by atoms with Gasteiger partial charge in [0.15, 0.2) is 0 Å². The molecule has 5 aromatic heterocycles. The number of anilines is 5. The van der Waals surface area contributed by atoms with Crippen LogP contribution in [0.25, 0.3) is 22.1 Å². The van der Waals surface area contributed by atoms with Crippen molar-refractivity contribution in [3.05, 3.63) is 254 Å². The number of aryl methyl sites for hydroxylation is 5. The minimum atomic E-state index is -1.33. The summed E-state index contributed by atoms with van der Waals surface area (Å²) >= 11 is 5.70. The molecule has 0 aliphatic rings. The number of rotatable bonds is 19. The molecule has 0 bridgehead atoms. The van der Waals surface area contributed by atoms with E-state index in [1.807, 2.05) is 139 Å². The van der Waals surface area contributed by atoms with Crippen LogP contribution in [-0.4, -0.2) is 175 Å². The van der Waals surface area contributed by atoms with Gasteiger partial charge in [-0.05, 0) is 151 Å². The van der Waals surface area contributed by atoms with Gasteiger partial charge >= 0.3 is 47.2 Å². The maximum atomic E-state index is 12.8. The summed E-state index contributed by atoms with van der Waals surface area (Å²) < 4.78 is 68.1. The van der Waals surface area contributed by atoms with Crippen LogP contribution < -0.4 is 46.9 Å². The largest absolute Gasteiger partial charge is 0.496 e. The van der Waals surface area contributed by atoms with E-state index in [9.17, 15) is 67.9 Å². The number of carboxylic acid groups (broad SMARTS) is 1. The van der Waals surface area contributed by atoms with Gasteiger partial charge in [0.1, 0.15) is 22.9 Å². The molecule has 0 spiro atoms. The number of nitrogens with zero attached hydrogens (tertiary/aromatic N) is 11. The van der Waals surface area contributed by atoms with Crippen LogP contribution >= 0.6 is 11.6 Å². The number of carbonyl (C=O) groups is 6. The van der Waals surface area contributed by atoms with Crippen molar-refractivity contribution >= 4 is 116 Å². The minimum Gasteiger partial charge on any atom is -0.496 e. The molecule has 0 aliphatic carbocycles. The Morgan fingerprint density at radius 2 is 0.784 bits per heavy atom. The smallest absolute Gasteiger partial charge is 0.338 e. The summed E-state index contributed by atoms with van der Waals surface area (Å²) in [5.41, 5.74) is 29.9. The number of fused-ring (bicyclic) bond motifs is 2. The third-order valence-corrected chi connectivity index (χ3v) is 18.3. The van der Waals surface area contributed by atoms with Gasteiger partial charge in [0.25, 0.3) is 5.69 Å². The van der Waals surface area contributed by atoms with E-state index in [0.717, 1.165) is 134 Å². The van der Waals surface area contributed by atoms with Crippen LogP contribution in [0.2, 0.25) is 0 Å². The Balaban J connectivity index is 0. The van der Waals surface area contributed by atoms with E-state index in [1.54, 1.807) is 94.7 Å². The minimum absolute atomic E-state index is 0.0550. The first-order chi connectivity index (χ1) is 63.4. The van der Waals surface area contributed by atoms with Gasteiger partial charge < -0.3 is 84.9 Å². The highest BCUT2D eigenvalue weighted by Gasteiger charge is 2.24. The highest BCUT2D eigenvalue weighted by molar-refractivity contribution is 6.17. The van der Waals surface area contributed by atoms with E-state index in [-0.39, 0.29) is 45.7 Å². The number of esters is 5. The maximum absolute atomic E-state index is 12.8. The van der Waals surface area contributed by atoms with Gasteiger partial charge in [-0.15, -0.1) is 11.6 Å². The third kappa shape index (κ3) is 36.2. The summed E-state index contributed by atoms with van der Waals surface area (Å²) in [5.74, 6) is -1.46. The fourth-order valence-corrected chi connectivity index (χ4v) is 11.8. The van der Waals surface area contributed by atoms with Crippen LogP contribution in [-0.2, 0) is 56.6 Å². The van der Waals surface area contributed by atoms with Crippen molar-refractivity contribution in [3.63, 3.8) is 0 Å². The van der Waals surface area contributed by atoms with Crippen molar-refractivity contribution in [1.29, 1.82) is 0 Å². The normalized spacial score (nSPS) is 9.69. The lowest BCUT2D eigenvalue weighted by Gasteiger charge is -2.20. The second-order valence-corrected chi connectivity index (χ2v) is 27.9. The summed E-state index contributed by atoms with van der Waals surface area (Å²) in [5, 5.41) is 45.1. The number of aromatic carboxylic acids is 1. The average molecular weight is 1890 g/mol. The molecule has 134 heavy (non-hydrogen) atoms. The van der Waals surface area contributed by atoms with Gasteiger partial charge in [0, 0.05) is 111 Å². The predicted octanol–water partition coefficient (Wildman–Crippen LogP) is 18.9. The SMILES string of the molecule is CC.CC.CC.CC.CN.CNc1ccc(C(=O)OC)cc1N.CNc1ccc(C(=O)OC)cc1[N+](=O)[O-].COC(=O)c1ccc(F)c([N+](=O)[O-])c1.COC(=O)c1ccc2c(c1)nc(N(C)Cc1ncc(C)c(OC)c1C)n2C.COC(=O)c1ccc2c(c1)nc(N)n2C.COc1c(C)cnc(CC(C)(C)C)c1C.COc1c(C)cnc(CCl)c1C.O=C(O)c1ccc(F)c([N+](=O)[O-])c1.